The molecule has 0 aromatic heterocycles. The predicted octanol–water partition coefficient (Wildman–Crippen LogP) is 4.31. The Balaban J connectivity index is 2.65. The molecule has 2 atom stereocenters. The highest BCUT2D eigenvalue weighted by Gasteiger charge is 2.21. The summed E-state index contributed by atoms with van der Waals surface area (Å²) >= 11 is 0. The number of carbonyl (C=O) groups is 1. The molecule has 0 aliphatic heterocycles. The molecule has 0 aliphatic carbocycles. The Labute approximate surface area is 116 Å². The Kier molecular flexibility index (Phi) is 6.07. The zero-order valence-corrected chi connectivity index (χ0v) is 12.5. The van der Waals surface area contributed by atoms with Crippen molar-refractivity contribution in [2.45, 2.75) is 47.0 Å². The summed E-state index contributed by atoms with van der Waals surface area (Å²) in [5.74, 6) is 0.155. The molecule has 0 fully saturated rings. The quantitative estimate of drug-likeness (QED) is 0.795. The van der Waals surface area contributed by atoms with Gasteiger partial charge in [0.1, 0.15) is 0 Å². The summed E-state index contributed by atoms with van der Waals surface area (Å²) in [4.78, 5) is 11.4. The van der Waals surface area contributed by atoms with Crippen LogP contribution in [0, 0.1) is 24.7 Å². The van der Waals surface area contributed by atoms with E-state index in [1.807, 2.05) is 25.1 Å². The molecular formula is C17H26O2. The van der Waals surface area contributed by atoms with Crippen molar-refractivity contribution in [3.63, 3.8) is 0 Å². The predicted molar refractivity (Wildman–Crippen MR) is 79.2 cm³/mol. The maximum atomic E-state index is 11.4. The molecule has 1 N–H and O–H groups in total. The Morgan fingerprint density at radius 3 is 2.42 bits per heavy atom. The lowest BCUT2D eigenvalue weighted by Gasteiger charge is -2.19. The van der Waals surface area contributed by atoms with Crippen molar-refractivity contribution < 1.29 is 9.90 Å². The minimum Gasteiger partial charge on any atom is -0.481 e. The smallest absolute Gasteiger partial charge is 0.306 e. The van der Waals surface area contributed by atoms with Crippen LogP contribution in [0.1, 0.15) is 44.7 Å². The molecule has 2 nitrogen and oxygen atoms in total. The van der Waals surface area contributed by atoms with Gasteiger partial charge in [-0.15, -0.1) is 0 Å². The molecule has 0 amide bonds. The normalized spacial score (nSPS) is 14.4. The van der Waals surface area contributed by atoms with Gasteiger partial charge in [0.25, 0.3) is 0 Å². The second-order valence-electron chi connectivity index (χ2n) is 6.20. The van der Waals surface area contributed by atoms with Crippen molar-refractivity contribution in [2.75, 3.05) is 0 Å². The van der Waals surface area contributed by atoms with Crippen molar-refractivity contribution in [2.24, 2.45) is 17.8 Å². The highest BCUT2D eigenvalue weighted by atomic mass is 16.4. The van der Waals surface area contributed by atoms with Crippen molar-refractivity contribution in [1.29, 1.82) is 0 Å². The Morgan fingerprint density at radius 1 is 1.21 bits per heavy atom. The number of hydrogen-bond acceptors (Lipinski definition) is 1. The number of hydrogen-bond donors (Lipinski definition) is 1. The molecule has 1 rings (SSSR count). The number of aryl methyl sites for hydroxylation is 1. The summed E-state index contributed by atoms with van der Waals surface area (Å²) in [5.41, 5.74) is 2.32. The van der Waals surface area contributed by atoms with Gasteiger partial charge in [0.15, 0.2) is 0 Å². The molecule has 2 heteroatoms. The van der Waals surface area contributed by atoms with E-state index in [2.05, 4.69) is 26.8 Å². The number of benzene rings is 1. The largest absolute Gasteiger partial charge is 0.481 e. The summed E-state index contributed by atoms with van der Waals surface area (Å²) in [6.45, 7) is 8.58. The summed E-state index contributed by atoms with van der Waals surface area (Å²) in [6.07, 6.45) is 2.50. The first-order valence-corrected chi connectivity index (χ1v) is 7.16. The first-order valence-electron chi connectivity index (χ1n) is 7.16. The minimum absolute atomic E-state index is 0.268. The van der Waals surface area contributed by atoms with Gasteiger partial charge in [-0.1, -0.05) is 50.6 Å². The van der Waals surface area contributed by atoms with Gasteiger partial charge in [0.2, 0.25) is 0 Å². The zero-order chi connectivity index (χ0) is 14.4. The third-order valence-corrected chi connectivity index (χ3v) is 3.47. The summed E-state index contributed by atoms with van der Waals surface area (Å²) in [6, 6.07) is 8.15. The van der Waals surface area contributed by atoms with Crippen molar-refractivity contribution in [3.8, 4) is 0 Å². The van der Waals surface area contributed by atoms with Crippen molar-refractivity contribution >= 4 is 5.97 Å². The topological polar surface area (TPSA) is 37.3 Å². The Bertz CT molecular complexity index is 409. The molecule has 0 aliphatic rings. The second kappa shape index (κ2) is 7.32. The van der Waals surface area contributed by atoms with E-state index in [1.54, 1.807) is 0 Å². The van der Waals surface area contributed by atoms with E-state index in [-0.39, 0.29) is 5.92 Å². The molecular weight excluding hydrogens is 236 g/mol. The number of aliphatic carboxylic acids is 1. The standard InChI is InChI=1S/C17H26O2/c1-12(2)8-14(4)10-16(17(18)19)11-15-7-5-6-13(3)9-15/h5-7,9,12,14,16H,8,10-11H2,1-4H3,(H,18,19). The van der Waals surface area contributed by atoms with Crippen LogP contribution in [-0.4, -0.2) is 11.1 Å². The van der Waals surface area contributed by atoms with Crippen LogP contribution in [0.15, 0.2) is 24.3 Å². The molecule has 19 heavy (non-hydrogen) atoms. The molecule has 0 spiro atoms. The molecule has 0 saturated heterocycles. The van der Waals surface area contributed by atoms with Crippen LogP contribution in [0.25, 0.3) is 0 Å². The van der Waals surface area contributed by atoms with Gasteiger partial charge in [0, 0.05) is 0 Å². The highest BCUT2D eigenvalue weighted by Crippen LogP contribution is 2.23. The average molecular weight is 262 g/mol. The number of rotatable bonds is 7. The van der Waals surface area contributed by atoms with Crippen LogP contribution in [0.4, 0.5) is 0 Å². The van der Waals surface area contributed by atoms with E-state index >= 15 is 0 Å². The van der Waals surface area contributed by atoms with Gasteiger partial charge < -0.3 is 5.11 Å². The van der Waals surface area contributed by atoms with Crippen LogP contribution >= 0.6 is 0 Å². The molecule has 1 aromatic carbocycles. The third kappa shape index (κ3) is 5.91. The van der Waals surface area contributed by atoms with Crippen LogP contribution in [0.2, 0.25) is 0 Å². The van der Waals surface area contributed by atoms with E-state index in [1.165, 1.54) is 5.56 Å². The van der Waals surface area contributed by atoms with Gasteiger partial charge in [0.05, 0.1) is 5.92 Å². The Morgan fingerprint density at radius 2 is 1.89 bits per heavy atom. The summed E-state index contributed by atoms with van der Waals surface area (Å²) in [7, 11) is 0. The lowest BCUT2D eigenvalue weighted by atomic mass is 9.86. The fraction of sp³-hybridized carbons (Fsp3) is 0.588. The number of carboxylic acids is 1. The van der Waals surface area contributed by atoms with Gasteiger partial charge >= 0.3 is 5.97 Å². The van der Waals surface area contributed by atoms with Crippen molar-refractivity contribution in [1.82, 2.24) is 0 Å². The van der Waals surface area contributed by atoms with E-state index in [0.29, 0.717) is 18.3 Å². The second-order valence-corrected chi connectivity index (χ2v) is 6.20. The fourth-order valence-electron chi connectivity index (χ4n) is 2.78. The van der Waals surface area contributed by atoms with Crippen LogP contribution in [0.3, 0.4) is 0 Å². The molecule has 2 unspecified atom stereocenters. The van der Waals surface area contributed by atoms with Crippen LogP contribution in [-0.2, 0) is 11.2 Å². The Hall–Kier alpha value is -1.31. The van der Waals surface area contributed by atoms with E-state index < -0.39 is 5.97 Å². The molecule has 0 bridgehead atoms. The average Bonchev–Trinajstić information content (AvgIpc) is 2.26. The van der Waals surface area contributed by atoms with Crippen molar-refractivity contribution in [3.05, 3.63) is 35.4 Å². The van der Waals surface area contributed by atoms with E-state index in [9.17, 15) is 9.90 Å². The van der Waals surface area contributed by atoms with E-state index in [0.717, 1.165) is 18.4 Å². The fourth-order valence-corrected chi connectivity index (χ4v) is 2.78. The minimum atomic E-state index is -0.669. The highest BCUT2D eigenvalue weighted by molar-refractivity contribution is 5.70. The van der Waals surface area contributed by atoms with Gasteiger partial charge in [-0.3, -0.25) is 4.79 Å². The summed E-state index contributed by atoms with van der Waals surface area (Å²) in [5, 5.41) is 9.39. The van der Waals surface area contributed by atoms with Gasteiger partial charge in [-0.2, -0.15) is 0 Å². The SMILES string of the molecule is Cc1cccc(CC(CC(C)CC(C)C)C(=O)O)c1. The molecule has 1 aromatic rings. The zero-order valence-electron chi connectivity index (χ0n) is 12.5. The molecule has 0 heterocycles. The van der Waals surface area contributed by atoms with E-state index in [4.69, 9.17) is 0 Å². The van der Waals surface area contributed by atoms with Gasteiger partial charge in [-0.05, 0) is 43.6 Å². The van der Waals surface area contributed by atoms with Crippen LogP contribution in [0.5, 0.6) is 0 Å². The maximum absolute atomic E-state index is 11.4. The summed E-state index contributed by atoms with van der Waals surface area (Å²) < 4.78 is 0. The lowest BCUT2D eigenvalue weighted by molar-refractivity contribution is -0.142. The maximum Gasteiger partial charge on any atom is 0.306 e. The third-order valence-electron chi connectivity index (χ3n) is 3.47. The lowest BCUT2D eigenvalue weighted by Crippen LogP contribution is -2.20. The number of carboxylic acid groups (broad SMARTS) is 1. The monoisotopic (exact) mass is 262 g/mol. The first kappa shape index (κ1) is 15.7. The first-order chi connectivity index (χ1) is 8.88. The van der Waals surface area contributed by atoms with Crippen LogP contribution < -0.4 is 0 Å². The molecule has 0 radical (unpaired) electrons. The molecule has 106 valence electrons. The molecule has 0 saturated carbocycles. The van der Waals surface area contributed by atoms with Gasteiger partial charge in [-0.25, -0.2) is 0 Å².